The number of nitrogens with one attached hydrogen (secondary N) is 1. The molecule has 0 bridgehead atoms. The molecule has 2 rings (SSSR count). The number of aliphatic imine (C=N–C) groups is 1. The van der Waals surface area contributed by atoms with Gasteiger partial charge >= 0.3 is 11.8 Å². The number of nitrogens with zero attached hydrogens (tertiary/aromatic N) is 3. The number of carbonyl (C=O) groups excluding carboxylic acids is 1. The van der Waals surface area contributed by atoms with Crippen molar-refractivity contribution in [1.82, 2.24) is 19.4 Å². The fraction of sp³-hybridized carbons (Fsp3) is 0.706. The van der Waals surface area contributed by atoms with Crippen LogP contribution in [0.15, 0.2) is 45.8 Å². The van der Waals surface area contributed by atoms with Crippen LogP contribution >= 0.6 is 0 Å². The highest BCUT2D eigenvalue weighted by Crippen LogP contribution is 2.13. The van der Waals surface area contributed by atoms with Crippen LogP contribution in [0.3, 0.4) is 0 Å². The van der Waals surface area contributed by atoms with E-state index < -0.39 is 17.9 Å². The first kappa shape index (κ1) is 39.8. The van der Waals surface area contributed by atoms with Gasteiger partial charge in [0.25, 0.3) is 11.3 Å². The molecule has 0 aliphatic carbocycles. The molecule has 1 aliphatic heterocycles. The first-order valence-electron chi connectivity index (χ1n) is 16.7. The van der Waals surface area contributed by atoms with E-state index in [0.29, 0.717) is 13.0 Å². The highest BCUT2D eigenvalue weighted by molar-refractivity contribution is 5.72. The standard InChI is InChI=1S/C34H56N4O5.HI/c1-3-4-5-6-7-8-9-10-11-12-13-14-15-16-17-19-25-36-33(40)43-29-31(42-2)28-37-26-23-32(39)38(34(37)41)27-22-30-21-18-20-24-35-30;/h18,20-21,23-24,26,31H,3-17,19,22,25,27-29H2,1-2H3,(H,36,40);1H/q+1;/p-1. The molecule has 1 amide bonds. The summed E-state index contributed by atoms with van der Waals surface area (Å²) >= 11 is 0. The Kier molecular flexibility index (Phi) is 23.6. The molecule has 1 aromatic rings. The zero-order valence-electron chi connectivity index (χ0n) is 27.2. The normalized spacial score (nSPS) is 12.9. The topological polar surface area (TPSA) is 106 Å². The summed E-state index contributed by atoms with van der Waals surface area (Å²) in [6.45, 7) is 3.24. The van der Waals surface area contributed by atoms with Gasteiger partial charge in [0.15, 0.2) is 0 Å². The summed E-state index contributed by atoms with van der Waals surface area (Å²) in [5.74, 6) is 0. The first-order valence-corrected chi connectivity index (χ1v) is 16.7. The lowest BCUT2D eigenvalue weighted by Gasteiger charge is -2.17. The van der Waals surface area contributed by atoms with Crippen LogP contribution in [0.4, 0.5) is 4.79 Å². The summed E-state index contributed by atoms with van der Waals surface area (Å²) in [6, 6.07) is 1.36. The van der Waals surface area contributed by atoms with Gasteiger partial charge in [-0.2, -0.15) is 0 Å². The predicted molar refractivity (Wildman–Crippen MR) is 175 cm³/mol. The molecule has 9 nitrogen and oxygen atoms in total. The minimum absolute atomic E-state index is 0. The summed E-state index contributed by atoms with van der Waals surface area (Å²) in [4.78, 5) is 41.6. The van der Waals surface area contributed by atoms with E-state index in [1.807, 2.05) is 18.2 Å². The van der Waals surface area contributed by atoms with Crippen LogP contribution in [0.5, 0.6) is 0 Å². The Labute approximate surface area is 281 Å². The lowest BCUT2D eigenvalue weighted by molar-refractivity contribution is -0.0000157. The molecule has 1 aliphatic rings. The Bertz CT molecular complexity index is 1110. The van der Waals surface area contributed by atoms with Crippen molar-refractivity contribution < 1.29 is 38.2 Å². The number of unbranched alkanes of at least 4 members (excludes halogenated alkanes) is 15. The van der Waals surface area contributed by atoms with Gasteiger partial charge in [0.2, 0.25) is 6.21 Å². The molecule has 1 radical (unpaired) electrons. The molecule has 0 saturated carbocycles. The van der Waals surface area contributed by atoms with Crippen LogP contribution < -0.4 is 45.5 Å². The second-order valence-electron chi connectivity index (χ2n) is 11.5. The number of hydrogen-bond acceptors (Lipinski definition) is 6. The summed E-state index contributed by atoms with van der Waals surface area (Å²) in [5.41, 5.74) is 0.00672. The molecule has 0 fully saturated rings. The molecule has 0 spiro atoms. The SMILES string of the molecule is CCCCCCCCCCCCCCCCCCNC(=O)OCC(Cn1ccc(=O)n(CCC2=CC=CC=[N+]2)c1=O)OC.[I-]. The maximum atomic E-state index is 12.9. The Balaban J connectivity index is 0.00000968. The van der Waals surface area contributed by atoms with Gasteiger partial charge in [0.1, 0.15) is 12.7 Å². The molecule has 44 heavy (non-hydrogen) atoms. The second kappa shape index (κ2) is 26.1. The van der Waals surface area contributed by atoms with E-state index in [1.54, 1.807) is 6.21 Å². The zero-order chi connectivity index (χ0) is 31.0. The van der Waals surface area contributed by atoms with Gasteiger partial charge in [0, 0.05) is 44.6 Å². The quantitative estimate of drug-likeness (QED) is 0.123. The van der Waals surface area contributed by atoms with Gasteiger partial charge in [-0.05, 0) is 12.5 Å². The number of methoxy groups -OCH3 is 1. The van der Waals surface area contributed by atoms with Crippen molar-refractivity contribution in [1.29, 1.82) is 0 Å². The average molecular weight is 728 g/mol. The molecular weight excluding hydrogens is 671 g/mol. The second-order valence-corrected chi connectivity index (χ2v) is 11.5. The molecular formula is C34H56IN4O5. The van der Waals surface area contributed by atoms with Crippen LogP contribution in [-0.4, -0.2) is 47.8 Å². The van der Waals surface area contributed by atoms with E-state index in [1.165, 1.54) is 118 Å². The summed E-state index contributed by atoms with van der Waals surface area (Å²) in [6.07, 6.45) is 29.1. The lowest BCUT2D eigenvalue weighted by atomic mass is 10.0. The van der Waals surface area contributed by atoms with Crippen molar-refractivity contribution in [2.75, 3.05) is 20.3 Å². The largest absolute Gasteiger partial charge is 1.00 e. The van der Waals surface area contributed by atoms with E-state index in [4.69, 9.17) is 9.47 Å². The van der Waals surface area contributed by atoms with Crippen molar-refractivity contribution in [3.63, 3.8) is 0 Å². The van der Waals surface area contributed by atoms with E-state index in [0.717, 1.165) is 18.5 Å². The van der Waals surface area contributed by atoms with Crippen LogP contribution in [0.1, 0.15) is 116 Å². The van der Waals surface area contributed by atoms with Crippen molar-refractivity contribution in [3.05, 3.63) is 57.0 Å². The number of hydrogen-bond donors (Lipinski definition) is 1. The van der Waals surface area contributed by atoms with Gasteiger partial charge in [0.05, 0.1) is 18.0 Å². The molecule has 249 valence electrons. The summed E-state index contributed by atoms with van der Waals surface area (Å²) in [5, 5.41) is 2.80. The van der Waals surface area contributed by atoms with E-state index in [2.05, 4.69) is 17.2 Å². The van der Waals surface area contributed by atoms with E-state index in [-0.39, 0.29) is 49.2 Å². The molecule has 1 atom stereocenters. The van der Waals surface area contributed by atoms with Gasteiger partial charge in [-0.15, -0.1) is 0 Å². The number of aromatic nitrogens is 2. The number of ether oxygens (including phenoxy) is 2. The van der Waals surface area contributed by atoms with Crippen molar-refractivity contribution in [3.8, 4) is 0 Å². The Hall–Kier alpha value is -2.21. The number of allylic oxidation sites excluding steroid dienone is 4. The maximum Gasteiger partial charge on any atom is 0.407 e. The number of rotatable bonds is 25. The molecule has 0 aromatic carbocycles. The fourth-order valence-electron chi connectivity index (χ4n) is 5.17. The molecule has 1 aromatic heterocycles. The minimum Gasteiger partial charge on any atom is -1.00 e. The van der Waals surface area contributed by atoms with Crippen molar-refractivity contribution in [2.24, 2.45) is 0 Å². The third-order valence-electron chi connectivity index (χ3n) is 7.89. The minimum atomic E-state index is -0.527. The van der Waals surface area contributed by atoms with Gasteiger partial charge < -0.3 is 38.8 Å². The smallest absolute Gasteiger partial charge is 0.407 e. The third kappa shape index (κ3) is 17.9. The molecule has 10 heteroatoms. The Morgan fingerprint density at radius 2 is 1.48 bits per heavy atom. The highest BCUT2D eigenvalue weighted by atomic mass is 127. The highest BCUT2D eigenvalue weighted by Gasteiger charge is 2.16. The fourth-order valence-corrected chi connectivity index (χ4v) is 5.17. The van der Waals surface area contributed by atoms with Crippen LogP contribution in [0, 0.1) is 0 Å². The summed E-state index contributed by atoms with van der Waals surface area (Å²) < 4.78 is 13.4. The van der Waals surface area contributed by atoms with Gasteiger partial charge in [-0.3, -0.25) is 13.9 Å². The predicted octanol–water partition coefficient (Wildman–Crippen LogP) is 3.27. The molecule has 1 unspecified atom stereocenters. The third-order valence-corrected chi connectivity index (χ3v) is 7.89. The Morgan fingerprint density at radius 1 is 0.886 bits per heavy atom. The van der Waals surface area contributed by atoms with Crippen LogP contribution in [-0.2, 0) is 22.6 Å². The van der Waals surface area contributed by atoms with E-state index >= 15 is 0 Å². The van der Waals surface area contributed by atoms with Gasteiger partial charge in [-0.25, -0.2) is 9.59 Å². The molecule has 2 heterocycles. The van der Waals surface area contributed by atoms with Crippen molar-refractivity contribution >= 4 is 12.3 Å². The van der Waals surface area contributed by atoms with Crippen LogP contribution in [0.25, 0.3) is 0 Å². The average Bonchev–Trinajstić information content (AvgIpc) is 3.02. The molecule has 0 saturated heterocycles. The lowest BCUT2D eigenvalue weighted by Crippen LogP contribution is -3.00. The van der Waals surface area contributed by atoms with E-state index in [9.17, 15) is 14.4 Å². The van der Waals surface area contributed by atoms with Crippen LogP contribution in [0.2, 0.25) is 0 Å². The number of alkyl carbamates (subject to hydrolysis) is 1. The summed E-state index contributed by atoms with van der Waals surface area (Å²) in [7, 11) is 1.50. The zero-order valence-corrected chi connectivity index (χ0v) is 29.3. The first-order chi connectivity index (χ1) is 21.0. The van der Waals surface area contributed by atoms with Crippen molar-refractivity contribution in [2.45, 2.75) is 135 Å². The maximum absolute atomic E-state index is 12.9. The number of halogens is 1. The van der Waals surface area contributed by atoms with Gasteiger partial charge in [-0.1, -0.05) is 103 Å². The monoisotopic (exact) mass is 727 g/mol. The number of amides is 1. The number of carbonyl (C=O) groups is 1. The molecule has 1 N–H and O–H groups in total. The Morgan fingerprint density at radius 3 is 2.02 bits per heavy atom.